The number of nitrogens with one attached hydrogen (secondary N) is 1. The summed E-state index contributed by atoms with van der Waals surface area (Å²) in [6, 6.07) is 6.15. The van der Waals surface area contributed by atoms with Gasteiger partial charge in [-0.05, 0) is 61.6 Å². The maximum absolute atomic E-state index is 5.48. The van der Waals surface area contributed by atoms with Crippen LogP contribution < -0.4 is 14.8 Å². The molecule has 24 heavy (non-hydrogen) atoms. The molecule has 0 atom stereocenters. The fourth-order valence-electron chi connectivity index (χ4n) is 3.64. The molecule has 0 unspecified atom stereocenters. The third-order valence-corrected chi connectivity index (χ3v) is 5.43. The van der Waals surface area contributed by atoms with Crippen molar-refractivity contribution in [3.8, 4) is 11.5 Å². The predicted octanol–water partition coefficient (Wildman–Crippen LogP) is 3.00. The summed E-state index contributed by atoms with van der Waals surface area (Å²) < 4.78 is 10.9. The molecule has 1 aromatic carbocycles. The molecule has 2 aliphatic carbocycles. The molecule has 0 amide bonds. The Hall–Kier alpha value is -1.91. The van der Waals surface area contributed by atoms with E-state index >= 15 is 0 Å². The average Bonchev–Trinajstić information content (AvgIpc) is 3.48. The van der Waals surface area contributed by atoms with Crippen LogP contribution in [0.3, 0.4) is 0 Å². The van der Waals surface area contributed by atoms with E-state index in [4.69, 9.17) is 14.5 Å². The van der Waals surface area contributed by atoms with Gasteiger partial charge in [0, 0.05) is 26.7 Å². The molecule has 1 N–H and O–H groups in total. The molecule has 0 radical (unpaired) electrons. The Morgan fingerprint density at radius 3 is 2.79 bits per heavy atom. The first-order valence-electron chi connectivity index (χ1n) is 9.08. The third-order valence-electron chi connectivity index (χ3n) is 5.43. The number of nitrogens with zero attached hydrogens (tertiary/aromatic N) is 2. The summed E-state index contributed by atoms with van der Waals surface area (Å²) in [5.41, 5.74) is 1.75. The molecule has 1 heterocycles. The first-order valence-corrected chi connectivity index (χ1v) is 9.08. The Morgan fingerprint density at radius 1 is 1.29 bits per heavy atom. The Labute approximate surface area is 144 Å². The van der Waals surface area contributed by atoms with Crippen LogP contribution in [0.25, 0.3) is 0 Å². The highest BCUT2D eigenvalue weighted by Gasteiger charge is 2.53. The first-order chi connectivity index (χ1) is 11.7. The summed E-state index contributed by atoms with van der Waals surface area (Å²) >= 11 is 0. The topological polar surface area (TPSA) is 46.1 Å². The lowest BCUT2D eigenvalue weighted by atomic mass is 10.0. The zero-order valence-electron chi connectivity index (χ0n) is 14.7. The minimum atomic E-state index is 0.321. The van der Waals surface area contributed by atoms with Gasteiger partial charge >= 0.3 is 0 Å². The monoisotopic (exact) mass is 329 g/mol. The zero-order valence-corrected chi connectivity index (χ0v) is 14.7. The largest absolute Gasteiger partial charge is 0.454 e. The van der Waals surface area contributed by atoms with Gasteiger partial charge in [0.1, 0.15) is 0 Å². The minimum Gasteiger partial charge on any atom is -0.454 e. The summed E-state index contributed by atoms with van der Waals surface area (Å²) in [6.45, 7) is 5.12. The van der Waals surface area contributed by atoms with E-state index in [2.05, 4.69) is 36.3 Å². The van der Waals surface area contributed by atoms with Crippen molar-refractivity contribution in [1.29, 1.82) is 0 Å². The summed E-state index contributed by atoms with van der Waals surface area (Å²) in [6.07, 6.45) is 5.57. The fourth-order valence-corrected chi connectivity index (χ4v) is 3.64. The van der Waals surface area contributed by atoms with E-state index in [1.54, 1.807) is 0 Å². The normalized spacial score (nSPS) is 20.8. The standard InChI is InChI=1S/C19H27N3O2/c1-3-20-18(21-12-19(8-9-19)15-5-6-15)22(2)11-14-4-7-16-17(10-14)24-13-23-16/h4,7,10,15H,3,5-6,8-9,11-13H2,1-2H3,(H,20,21). The molecule has 3 aliphatic rings. The number of ether oxygens (including phenoxy) is 2. The lowest BCUT2D eigenvalue weighted by Crippen LogP contribution is -2.39. The van der Waals surface area contributed by atoms with Crippen LogP contribution in [0.4, 0.5) is 0 Å². The lowest BCUT2D eigenvalue weighted by Gasteiger charge is -2.23. The molecule has 5 heteroatoms. The summed E-state index contributed by atoms with van der Waals surface area (Å²) in [4.78, 5) is 7.15. The summed E-state index contributed by atoms with van der Waals surface area (Å²) in [7, 11) is 2.10. The lowest BCUT2D eigenvalue weighted by molar-refractivity contribution is 0.174. The molecule has 1 aliphatic heterocycles. The smallest absolute Gasteiger partial charge is 0.231 e. The van der Waals surface area contributed by atoms with Gasteiger partial charge in [-0.25, -0.2) is 0 Å². The van der Waals surface area contributed by atoms with Crippen molar-refractivity contribution in [2.75, 3.05) is 26.9 Å². The second kappa shape index (κ2) is 6.19. The van der Waals surface area contributed by atoms with Gasteiger partial charge in [0.05, 0.1) is 0 Å². The molecule has 0 saturated heterocycles. The van der Waals surface area contributed by atoms with E-state index in [-0.39, 0.29) is 0 Å². The van der Waals surface area contributed by atoms with E-state index in [0.717, 1.165) is 43.0 Å². The SMILES string of the molecule is CCNC(=NCC1(C2CC2)CC1)N(C)Cc1ccc2c(c1)OCO2. The Kier molecular flexibility index (Phi) is 4.02. The Bertz CT molecular complexity index is 635. The molecule has 130 valence electrons. The number of aliphatic imine (C=N–C) groups is 1. The number of hydrogen-bond donors (Lipinski definition) is 1. The van der Waals surface area contributed by atoms with Gasteiger partial charge in [-0.3, -0.25) is 4.99 Å². The van der Waals surface area contributed by atoms with Crippen LogP contribution in [0.2, 0.25) is 0 Å². The maximum atomic E-state index is 5.48. The molecule has 2 fully saturated rings. The van der Waals surface area contributed by atoms with Crippen molar-refractivity contribution in [1.82, 2.24) is 10.2 Å². The molecular formula is C19H27N3O2. The van der Waals surface area contributed by atoms with E-state index in [0.29, 0.717) is 12.2 Å². The second-order valence-electron chi connectivity index (χ2n) is 7.35. The average molecular weight is 329 g/mol. The molecule has 0 bridgehead atoms. The van der Waals surface area contributed by atoms with Crippen LogP contribution in [-0.2, 0) is 6.54 Å². The summed E-state index contributed by atoms with van der Waals surface area (Å²) in [5.74, 6) is 3.63. The van der Waals surface area contributed by atoms with Crippen molar-refractivity contribution in [3.63, 3.8) is 0 Å². The number of hydrogen-bond acceptors (Lipinski definition) is 3. The van der Waals surface area contributed by atoms with E-state index in [1.165, 1.54) is 31.2 Å². The quantitative estimate of drug-likeness (QED) is 0.644. The van der Waals surface area contributed by atoms with Gasteiger partial charge in [-0.1, -0.05) is 6.07 Å². The van der Waals surface area contributed by atoms with Crippen molar-refractivity contribution in [2.24, 2.45) is 16.3 Å². The van der Waals surface area contributed by atoms with Crippen molar-refractivity contribution in [2.45, 2.75) is 39.2 Å². The highest BCUT2D eigenvalue weighted by Crippen LogP contribution is 2.61. The van der Waals surface area contributed by atoms with Crippen LogP contribution in [0, 0.1) is 11.3 Å². The maximum Gasteiger partial charge on any atom is 0.231 e. The molecule has 0 aromatic heterocycles. The number of benzene rings is 1. The highest BCUT2D eigenvalue weighted by molar-refractivity contribution is 5.79. The molecule has 0 spiro atoms. The van der Waals surface area contributed by atoms with Crippen molar-refractivity contribution < 1.29 is 9.47 Å². The van der Waals surface area contributed by atoms with E-state index in [1.807, 2.05) is 6.07 Å². The molecule has 1 aromatic rings. The highest BCUT2D eigenvalue weighted by atomic mass is 16.7. The van der Waals surface area contributed by atoms with Gasteiger partial charge in [0.15, 0.2) is 17.5 Å². The fraction of sp³-hybridized carbons (Fsp3) is 0.632. The second-order valence-corrected chi connectivity index (χ2v) is 7.35. The predicted molar refractivity (Wildman–Crippen MR) is 94.4 cm³/mol. The zero-order chi connectivity index (χ0) is 16.6. The van der Waals surface area contributed by atoms with Gasteiger partial charge < -0.3 is 19.7 Å². The number of rotatable bonds is 6. The Morgan fingerprint density at radius 2 is 2.08 bits per heavy atom. The van der Waals surface area contributed by atoms with Gasteiger partial charge in [0.25, 0.3) is 0 Å². The van der Waals surface area contributed by atoms with Crippen molar-refractivity contribution in [3.05, 3.63) is 23.8 Å². The third kappa shape index (κ3) is 3.17. The van der Waals surface area contributed by atoms with Crippen LogP contribution in [0.5, 0.6) is 11.5 Å². The first kappa shape index (κ1) is 15.6. The van der Waals surface area contributed by atoms with Crippen molar-refractivity contribution >= 4 is 5.96 Å². The number of fused-ring (bicyclic) bond motifs is 1. The molecular weight excluding hydrogens is 302 g/mol. The van der Waals surface area contributed by atoms with Crippen LogP contribution in [0.15, 0.2) is 23.2 Å². The van der Waals surface area contributed by atoms with Crippen LogP contribution in [0.1, 0.15) is 38.2 Å². The van der Waals surface area contributed by atoms with E-state index < -0.39 is 0 Å². The van der Waals surface area contributed by atoms with Gasteiger partial charge in [-0.15, -0.1) is 0 Å². The number of guanidine groups is 1. The Balaban J connectivity index is 1.42. The molecule has 4 rings (SSSR count). The van der Waals surface area contributed by atoms with Crippen LogP contribution >= 0.6 is 0 Å². The summed E-state index contributed by atoms with van der Waals surface area (Å²) in [5, 5.41) is 3.43. The van der Waals surface area contributed by atoms with Crippen LogP contribution in [-0.4, -0.2) is 37.8 Å². The van der Waals surface area contributed by atoms with Gasteiger partial charge in [0.2, 0.25) is 6.79 Å². The minimum absolute atomic E-state index is 0.321. The van der Waals surface area contributed by atoms with Gasteiger partial charge in [-0.2, -0.15) is 0 Å². The van der Waals surface area contributed by atoms with E-state index in [9.17, 15) is 0 Å². The molecule has 2 saturated carbocycles. The molecule has 5 nitrogen and oxygen atoms in total.